The second kappa shape index (κ2) is 5.88. The van der Waals surface area contributed by atoms with Gasteiger partial charge in [-0.2, -0.15) is 0 Å². The molecule has 0 bridgehead atoms. The second-order valence-electron chi connectivity index (χ2n) is 3.92. The standard InChI is InChI=1S/C13H12BrFN2O2/c14-11-3-1-9(15)7-12(11)19-6-5-17-8-10(16)2-4-13(17)18/h1-4,7-8H,5-6,16H2. The summed E-state index contributed by atoms with van der Waals surface area (Å²) in [6.45, 7) is 0.582. The fraction of sp³-hybridized carbons (Fsp3) is 0.154. The highest BCUT2D eigenvalue weighted by atomic mass is 79.9. The van der Waals surface area contributed by atoms with E-state index in [2.05, 4.69) is 15.9 Å². The van der Waals surface area contributed by atoms with E-state index in [0.29, 0.717) is 22.5 Å². The van der Waals surface area contributed by atoms with Gasteiger partial charge in [0.15, 0.2) is 0 Å². The number of benzene rings is 1. The number of nitrogen functional groups attached to an aromatic ring is 1. The van der Waals surface area contributed by atoms with Gasteiger partial charge >= 0.3 is 0 Å². The zero-order chi connectivity index (χ0) is 13.8. The highest BCUT2D eigenvalue weighted by molar-refractivity contribution is 9.10. The van der Waals surface area contributed by atoms with Crippen LogP contribution in [0.15, 0.2) is 45.8 Å². The molecule has 0 unspecified atom stereocenters. The lowest BCUT2D eigenvalue weighted by atomic mass is 10.3. The van der Waals surface area contributed by atoms with E-state index in [9.17, 15) is 9.18 Å². The predicted octanol–water partition coefficient (Wildman–Crippen LogP) is 2.41. The van der Waals surface area contributed by atoms with Crippen LogP contribution >= 0.6 is 15.9 Å². The highest BCUT2D eigenvalue weighted by Crippen LogP contribution is 2.25. The van der Waals surface area contributed by atoms with Crippen LogP contribution in [0.5, 0.6) is 5.75 Å². The Hall–Kier alpha value is -1.82. The molecule has 0 aliphatic rings. The van der Waals surface area contributed by atoms with Gasteiger partial charge in [-0.15, -0.1) is 0 Å². The zero-order valence-electron chi connectivity index (χ0n) is 9.98. The molecule has 0 radical (unpaired) electrons. The molecular formula is C13H12BrFN2O2. The highest BCUT2D eigenvalue weighted by Gasteiger charge is 2.03. The Balaban J connectivity index is 2.02. The first-order valence-electron chi connectivity index (χ1n) is 5.60. The van der Waals surface area contributed by atoms with Crippen LogP contribution < -0.4 is 16.0 Å². The summed E-state index contributed by atoms with van der Waals surface area (Å²) in [4.78, 5) is 11.5. The van der Waals surface area contributed by atoms with Crippen LogP contribution in [-0.2, 0) is 6.54 Å². The quantitative estimate of drug-likeness (QED) is 0.938. The predicted molar refractivity (Wildman–Crippen MR) is 74.7 cm³/mol. The molecule has 0 amide bonds. The fourth-order valence-corrected chi connectivity index (χ4v) is 1.93. The maximum Gasteiger partial charge on any atom is 0.250 e. The van der Waals surface area contributed by atoms with E-state index in [4.69, 9.17) is 10.5 Å². The fourth-order valence-electron chi connectivity index (χ4n) is 1.57. The largest absolute Gasteiger partial charge is 0.490 e. The van der Waals surface area contributed by atoms with Crippen molar-refractivity contribution in [3.63, 3.8) is 0 Å². The molecule has 0 spiro atoms. The number of anilines is 1. The van der Waals surface area contributed by atoms with Crippen LogP contribution in [0.1, 0.15) is 0 Å². The minimum atomic E-state index is -0.376. The zero-order valence-corrected chi connectivity index (χ0v) is 11.6. The Kier molecular flexibility index (Phi) is 4.21. The van der Waals surface area contributed by atoms with Crippen molar-refractivity contribution in [1.82, 2.24) is 4.57 Å². The van der Waals surface area contributed by atoms with Crippen LogP contribution in [0.4, 0.5) is 10.1 Å². The van der Waals surface area contributed by atoms with Crippen molar-refractivity contribution in [1.29, 1.82) is 0 Å². The number of ether oxygens (including phenoxy) is 1. The van der Waals surface area contributed by atoms with Gasteiger partial charge in [0.1, 0.15) is 18.2 Å². The maximum absolute atomic E-state index is 13.0. The Morgan fingerprint density at radius 2 is 2.11 bits per heavy atom. The van der Waals surface area contributed by atoms with Crippen molar-refractivity contribution < 1.29 is 9.13 Å². The van der Waals surface area contributed by atoms with Crippen molar-refractivity contribution in [2.45, 2.75) is 6.54 Å². The molecule has 4 nitrogen and oxygen atoms in total. The van der Waals surface area contributed by atoms with Gasteiger partial charge in [-0.1, -0.05) is 0 Å². The van der Waals surface area contributed by atoms with Gasteiger partial charge in [0.2, 0.25) is 0 Å². The smallest absolute Gasteiger partial charge is 0.250 e. The van der Waals surface area contributed by atoms with Gasteiger partial charge in [0.05, 0.1) is 11.0 Å². The summed E-state index contributed by atoms with van der Waals surface area (Å²) in [7, 11) is 0. The first-order valence-corrected chi connectivity index (χ1v) is 6.39. The van der Waals surface area contributed by atoms with Crippen molar-refractivity contribution in [3.05, 3.63) is 57.2 Å². The third-order valence-electron chi connectivity index (χ3n) is 2.49. The third kappa shape index (κ3) is 3.57. The van der Waals surface area contributed by atoms with E-state index in [1.807, 2.05) is 0 Å². The monoisotopic (exact) mass is 326 g/mol. The summed E-state index contributed by atoms with van der Waals surface area (Å²) in [5, 5.41) is 0. The van der Waals surface area contributed by atoms with Crippen molar-refractivity contribution in [2.24, 2.45) is 0 Å². The summed E-state index contributed by atoms with van der Waals surface area (Å²) < 4.78 is 20.6. The van der Waals surface area contributed by atoms with Crippen LogP contribution in [-0.4, -0.2) is 11.2 Å². The summed E-state index contributed by atoms with van der Waals surface area (Å²) in [5.74, 6) is 0.0243. The van der Waals surface area contributed by atoms with E-state index in [1.165, 1.54) is 22.8 Å². The molecule has 19 heavy (non-hydrogen) atoms. The second-order valence-corrected chi connectivity index (χ2v) is 4.77. The maximum atomic E-state index is 13.0. The lowest BCUT2D eigenvalue weighted by Gasteiger charge is -2.10. The average molecular weight is 327 g/mol. The van der Waals surface area contributed by atoms with Crippen molar-refractivity contribution in [2.75, 3.05) is 12.3 Å². The molecule has 0 aliphatic heterocycles. The van der Waals surface area contributed by atoms with Crippen LogP contribution in [0.3, 0.4) is 0 Å². The van der Waals surface area contributed by atoms with Crippen molar-refractivity contribution in [3.8, 4) is 5.75 Å². The molecule has 100 valence electrons. The molecular weight excluding hydrogens is 315 g/mol. The van der Waals surface area contributed by atoms with Crippen molar-refractivity contribution >= 4 is 21.6 Å². The Bertz CT molecular complexity index is 643. The first-order chi connectivity index (χ1) is 9.06. The minimum absolute atomic E-state index is 0.156. The van der Waals surface area contributed by atoms with Gasteiger partial charge in [-0.25, -0.2) is 4.39 Å². The number of hydrogen-bond acceptors (Lipinski definition) is 3. The molecule has 0 aliphatic carbocycles. The molecule has 2 rings (SSSR count). The molecule has 0 saturated heterocycles. The minimum Gasteiger partial charge on any atom is -0.490 e. The number of nitrogens with zero attached hydrogens (tertiary/aromatic N) is 1. The Labute approximate surface area is 117 Å². The SMILES string of the molecule is Nc1ccc(=O)n(CCOc2cc(F)ccc2Br)c1. The number of aromatic nitrogens is 1. The number of rotatable bonds is 4. The molecule has 6 heteroatoms. The lowest BCUT2D eigenvalue weighted by Crippen LogP contribution is -2.22. The van der Waals surface area contributed by atoms with Crippen LogP contribution in [0.25, 0.3) is 0 Å². The summed E-state index contributed by atoms with van der Waals surface area (Å²) in [6, 6.07) is 7.12. The molecule has 0 fully saturated rings. The Morgan fingerprint density at radius 1 is 1.32 bits per heavy atom. The third-order valence-corrected chi connectivity index (χ3v) is 3.14. The van der Waals surface area contributed by atoms with E-state index < -0.39 is 0 Å². The molecule has 1 aromatic heterocycles. The average Bonchev–Trinajstić information content (AvgIpc) is 2.38. The van der Waals surface area contributed by atoms with E-state index in [1.54, 1.807) is 18.3 Å². The van der Waals surface area contributed by atoms with Gasteiger partial charge < -0.3 is 15.0 Å². The lowest BCUT2D eigenvalue weighted by molar-refractivity contribution is 0.293. The van der Waals surface area contributed by atoms with Gasteiger partial charge in [0, 0.05) is 24.0 Å². The van der Waals surface area contributed by atoms with Crippen LogP contribution in [0.2, 0.25) is 0 Å². The number of halogens is 2. The number of hydrogen-bond donors (Lipinski definition) is 1. The van der Waals surface area contributed by atoms with E-state index >= 15 is 0 Å². The number of pyridine rings is 1. The normalized spacial score (nSPS) is 10.4. The molecule has 2 aromatic rings. The first kappa shape index (κ1) is 13.6. The molecule has 1 heterocycles. The van der Waals surface area contributed by atoms with E-state index in [-0.39, 0.29) is 18.0 Å². The summed E-state index contributed by atoms with van der Waals surface area (Å²) in [5.41, 5.74) is 5.95. The van der Waals surface area contributed by atoms with Gasteiger partial charge in [-0.05, 0) is 34.1 Å². The topological polar surface area (TPSA) is 57.2 Å². The van der Waals surface area contributed by atoms with Gasteiger partial charge in [-0.3, -0.25) is 4.79 Å². The van der Waals surface area contributed by atoms with Gasteiger partial charge in [0.25, 0.3) is 5.56 Å². The Morgan fingerprint density at radius 3 is 2.89 bits per heavy atom. The molecule has 2 N–H and O–H groups in total. The molecule has 0 saturated carbocycles. The van der Waals surface area contributed by atoms with E-state index in [0.717, 1.165) is 0 Å². The number of nitrogens with two attached hydrogens (primary N) is 1. The summed E-state index contributed by atoms with van der Waals surface area (Å²) >= 11 is 3.26. The van der Waals surface area contributed by atoms with Crippen LogP contribution in [0, 0.1) is 5.82 Å². The summed E-state index contributed by atoms with van der Waals surface area (Å²) in [6.07, 6.45) is 1.55. The molecule has 0 atom stereocenters. The molecule has 1 aromatic carbocycles.